The van der Waals surface area contributed by atoms with Gasteiger partial charge in [0.2, 0.25) is 0 Å². The Morgan fingerprint density at radius 1 is 0.938 bits per heavy atom. The van der Waals surface area contributed by atoms with E-state index >= 15 is 0 Å². The zero-order valence-electron chi connectivity index (χ0n) is 16.2. The van der Waals surface area contributed by atoms with Gasteiger partial charge in [0.1, 0.15) is 5.75 Å². The van der Waals surface area contributed by atoms with Gasteiger partial charge in [0, 0.05) is 21.3 Å². The van der Waals surface area contributed by atoms with E-state index in [0.29, 0.717) is 41.6 Å². The maximum atomic E-state index is 12.1. The van der Waals surface area contributed by atoms with E-state index < -0.39 is 0 Å². The highest BCUT2D eigenvalue weighted by atomic mass is 79.9. The third-order valence-corrected chi connectivity index (χ3v) is 5.66. The van der Waals surface area contributed by atoms with Gasteiger partial charge in [-0.3, -0.25) is 9.59 Å². The van der Waals surface area contributed by atoms with Gasteiger partial charge in [-0.1, -0.05) is 23.2 Å². The first-order chi connectivity index (χ1) is 15.3. The summed E-state index contributed by atoms with van der Waals surface area (Å²) in [4.78, 5) is 24.2. The van der Waals surface area contributed by atoms with E-state index in [2.05, 4.69) is 47.7 Å². The van der Waals surface area contributed by atoms with Crippen LogP contribution in [0.25, 0.3) is 0 Å². The van der Waals surface area contributed by atoms with Crippen molar-refractivity contribution in [2.24, 2.45) is 5.10 Å². The Labute approximate surface area is 211 Å². The molecule has 0 spiro atoms. The van der Waals surface area contributed by atoms with Crippen molar-refractivity contribution in [1.29, 1.82) is 0 Å². The summed E-state index contributed by atoms with van der Waals surface area (Å²) < 4.78 is 6.85. The van der Waals surface area contributed by atoms with E-state index in [9.17, 15) is 9.59 Å². The van der Waals surface area contributed by atoms with Crippen LogP contribution in [0.3, 0.4) is 0 Å². The van der Waals surface area contributed by atoms with E-state index in [-0.39, 0.29) is 18.4 Å². The number of rotatable bonds is 7. The van der Waals surface area contributed by atoms with Gasteiger partial charge in [0.05, 0.1) is 15.2 Å². The van der Waals surface area contributed by atoms with Crippen molar-refractivity contribution in [3.05, 3.63) is 90.8 Å². The van der Waals surface area contributed by atoms with Gasteiger partial charge in [-0.25, -0.2) is 5.43 Å². The average molecular weight is 600 g/mol. The number of anilines is 1. The molecule has 2 N–H and O–H groups in total. The number of ether oxygens (including phenoxy) is 1. The quantitative estimate of drug-likeness (QED) is 0.247. The number of carbonyl (C=O) groups excluding carboxylic acids is 2. The largest absolute Gasteiger partial charge is 0.481 e. The minimum absolute atomic E-state index is 0.190. The minimum Gasteiger partial charge on any atom is -0.481 e. The molecule has 164 valence electrons. The summed E-state index contributed by atoms with van der Waals surface area (Å²) >= 11 is 18.5. The van der Waals surface area contributed by atoms with Crippen LogP contribution < -0.4 is 15.5 Å². The lowest BCUT2D eigenvalue weighted by Gasteiger charge is -2.11. The van der Waals surface area contributed by atoms with E-state index in [0.717, 1.165) is 0 Å². The van der Waals surface area contributed by atoms with Crippen molar-refractivity contribution >= 4 is 78.8 Å². The molecule has 0 unspecified atom stereocenters. The summed E-state index contributed by atoms with van der Waals surface area (Å²) in [5, 5.41) is 7.82. The molecule has 0 atom stereocenters. The smallest absolute Gasteiger partial charge is 0.271 e. The molecule has 0 fully saturated rings. The molecule has 0 bridgehead atoms. The van der Waals surface area contributed by atoms with Crippen LogP contribution in [0.4, 0.5) is 5.69 Å². The summed E-state index contributed by atoms with van der Waals surface area (Å²) in [6.45, 7) is -0.190. The number of hydrazone groups is 1. The lowest BCUT2D eigenvalue weighted by atomic mass is 10.2. The van der Waals surface area contributed by atoms with Crippen LogP contribution in [-0.4, -0.2) is 24.6 Å². The van der Waals surface area contributed by atoms with Crippen molar-refractivity contribution in [3.8, 4) is 5.75 Å². The van der Waals surface area contributed by atoms with Crippen molar-refractivity contribution in [2.45, 2.75) is 0 Å². The molecule has 0 heterocycles. The molecule has 0 saturated heterocycles. The van der Waals surface area contributed by atoms with Crippen LogP contribution in [0.2, 0.25) is 10.0 Å². The maximum Gasteiger partial charge on any atom is 0.271 e. The second-order valence-electron chi connectivity index (χ2n) is 6.36. The number of nitrogens with one attached hydrogen (secondary N) is 2. The van der Waals surface area contributed by atoms with Gasteiger partial charge < -0.3 is 10.1 Å². The van der Waals surface area contributed by atoms with Crippen LogP contribution in [-0.2, 0) is 4.79 Å². The Kier molecular flexibility index (Phi) is 8.69. The number of hydrogen-bond donors (Lipinski definition) is 2. The van der Waals surface area contributed by atoms with Crippen LogP contribution in [0.5, 0.6) is 5.75 Å². The van der Waals surface area contributed by atoms with Crippen molar-refractivity contribution in [1.82, 2.24) is 5.43 Å². The molecular weight excluding hydrogens is 585 g/mol. The first-order valence-corrected chi connectivity index (χ1v) is 11.4. The lowest BCUT2D eigenvalue weighted by Crippen LogP contribution is -2.20. The molecule has 0 saturated carbocycles. The van der Waals surface area contributed by atoms with Crippen molar-refractivity contribution < 1.29 is 14.3 Å². The summed E-state index contributed by atoms with van der Waals surface area (Å²) in [5.41, 5.74) is 4.20. The molecule has 32 heavy (non-hydrogen) atoms. The van der Waals surface area contributed by atoms with E-state index in [1.54, 1.807) is 60.7 Å². The highest BCUT2D eigenvalue weighted by molar-refractivity contribution is 9.11. The number of nitrogens with zero attached hydrogens (tertiary/aromatic N) is 1. The van der Waals surface area contributed by atoms with Crippen molar-refractivity contribution in [3.63, 3.8) is 0 Å². The van der Waals surface area contributed by atoms with E-state index in [4.69, 9.17) is 27.9 Å². The Morgan fingerprint density at radius 2 is 1.50 bits per heavy atom. The SMILES string of the molecule is O=C(COc1c(Br)cc(/C=N/NC(=O)c2ccc(Cl)cc2)cc1Br)Nc1ccc(Cl)cc1. The highest BCUT2D eigenvalue weighted by Crippen LogP contribution is 2.34. The van der Waals surface area contributed by atoms with Gasteiger partial charge >= 0.3 is 0 Å². The molecule has 0 radical (unpaired) electrons. The molecular formula is C22H15Br2Cl2N3O3. The summed E-state index contributed by atoms with van der Waals surface area (Å²) in [6.07, 6.45) is 1.49. The molecule has 10 heteroatoms. The number of hydrogen-bond acceptors (Lipinski definition) is 4. The molecule has 0 aromatic heterocycles. The van der Waals surface area contributed by atoms with Gasteiger partial charge in [-0.2, -0.15) is 5.10 Å². The van der Waals surface area contributed by atoms with Crippen LogP contribution in [0.15, 0.2) is 74.7 Å². The summed E-state index contributed by atoms with van der Waals surface area (Å²) in [5.74, 6) is -0.219. The van der Waals surface area contributed by atoms with E-state index in [1.807, 2.05) is 0 Å². The minimum atomic E-state index is -0.359. The topological polar surface area (TPSA) is 79.8 Å². The third kappa shape index (κ3) is 7.06. The van der Waals surface area contributed by atoms with Gasteiger partial charge in [0.15, 0.2) is 6.61 Å². The average Bonchev–Trinajstić information content (AvgIpc) is 2.75. The molecule has 3 aromatic rings. The third-order valence-electron chi connectivity index (χ3n) is 3.98. The fraction of sp³-hybridized carbons (Fsp3) is 0.0455. The van der Waals surface area contributed by atoms with E-state index in [1.165, 1.54) is 6.21 Å². The lowest BCUT2D eigenvalue weighted by molar-refractivity contribution is -0.118. The molecule has 0 aliphatic rings. The van der Waals surface area contributed by atoms with Gasteiger partial charge in [-0.15, -0.1) is 0 Å². The molecule has 0 aliphatic carbocycles. The molecule has 6 nitrogen and oxygen atoms in total. The van der Waals surface area contributed by atoms with Gasteiger partial charge in [0.25, 0.3) is 11.8 Å². The van der Waals surface area contributed by atoms with Crippen LogP contribution in [0, 0.1) is 0 Å². The first kappa shape index (κ1) is 24.3. The monoisotopic (exact) mass is 597 g/mol. The molecule has 0 aliphatic heterocycles. The van der Waals surface area contributed by atoms with Crippen LogP contribution in [0.1, 0.15) is 15.9 Å². The normalized spacial score (nSPS) is 10.8. The highest BCUT2D eigenvalue weighted by Gasteiger charge is 2.11. The second kappa shape index (κ2) is 11.5. The Bertz CT molecular complexity index is 1130. The predicted octanol–water partition coefficient (Wildman–Crippen LogP) is 6.30. The van der Waals surface area contributed by atoms with Crippen molar-refractivity contribution in [2.75, 3.05) is 11.9 Å². The fourth-order valence-electron chi connectivity index (χ4n) is 2.49. The zero-order chi connectivity index (χ0) is 23.1. The summed E-state index contributed by atoms with van der Waals surface area (Å²) in [6, 6.07) is 16.7. The van der Waals surface area contributed by atoms with Crippen LogP contribution >= 0.6 is 55.1 Å². The Balaban J connectivity index is 1.57. The molecule has 3 aromatic carbocycles. The number of carbonyl (C=O) groups is 2. The number of amides is 2. The number of benzene rings is 3. The predicted molar refractivity (Wildman–Crippen MR) is 134 cm³/mol. The molecule has 3 rings (SSSR count). The Morgan fingerprint density at radius 3 is 2.09 bits per heavy atom. The Hall–Kier alpha value is -2.39. The second-order valence-corrected chi connectivity index (χ2v) is 8.94. The maximum absolute atomic E-state index is 12.1. The number of halogens is 4. The summed E-state index contributed by atoms with van der Waals surface area (Å²) in [7, 11) is 0. The molecule has 2 amide bonds. The fourth-order valence-corrected chi connectivity index (χ4v) is 4.19. The zero-order valence-corrected chi connectivity index (χ0v) is 20.9. The first-order valence-electron chi connectivity index (χ1n) is 9.08. The standard InChI is InChI=1S/C22H15Br2Cl2N3O3/c23-18-9-13(11-27-29-22(31)14-1-3-15(25)4-2-14)10-19(24)21(18)32-12-20(30)28-17-7-5-16(26)6-8-17/h1-11H,12H2,(H,28,30)(H,29,31)/b27-11+. The van der Waals surface area contributed by atoms with Gasteiger partial charge in [-0.05, 0) is 98.1 Å².